The number of nitrogens with one attached hydrogen (secondary N) is 2. The summed E-state index contributed by atoms with van der Waals surface area (Å²) in [5, 5.41) is 14.6. The second-order valence-corrected chi connectivity index (χ2v) is 9.36. The first kappa shape index (κ1) is 22.4. The van der Waals surface area contributed by atoms with Crippen molar-refractivity contribution in [3.8, 4) is 11.5 Å². The average molecular weight is 477 g/mol. The van der Waals surface area contributed by atoms with Crippen molar-refractivity contribution >= 4 is 34.2 Å². The molecule has 2 heterocycles. The van der Waals surface area contributed by atoms with E-state index in [-0.39, 0.29) is 11.8 Å². The van der Waals surface area contributed by atoms with Gasteiger partial charge in [0, 0.05) is 23.9 Å². The SMILES string of the molecule is C[C@]1(O)CC[C@@H](Nc2ncnc3[nH]cc(C(=O)c4ccc(Oc5ccccc5)cc4Cl)c23)CC1. The highest BCUT2D eigenvalue weighted by Gasteiger charge is 2.29. The van der Waals surface area contributed by atoms with Crippen molar-refractivity contribution in [3.63, 3.8) is 0 Å². The van der Waals surface area contributed by atoms with Crippen molar-refractivity contribution in [1.82, 2.24) is 15.0 Å². The zero-order chi connectivity index (χ0) is 23.7. The molecule has 0 saturated heterocycles. The van der Waals surface area contributed by atoms with Crippen LogP contribution in [-0.4, -0.2) is 37.5 Å². The molecule has 4 aromatic rings. The van der Waals surface area contributed by atoms with Gasteiger partial charge < -0.3 is 20.1 Å². The minimum absolute atomic E-state index is 0.161. The number of halogens is 1. The van der Waals surface area contributed by atoms with Crippen molar-refractivity contribution in [2.75, 3.05) is 5.32 Å². The molecule has 7 nitrogen and oxygen atoms in total. The molecule has 0 spiro atoms. The van der Waals surface area contributed by atoms with Gasteiger partial charge in [0.1, 0.15) is 29.3 Å². The number of fused-ring (bicyclic) bond motifs is 1. The lowest BCUT2D eigenvalue weighted by Crippen LogP contribution is -2.36. The number of rotatable bonds is 6. The van der Waals surface area contributed by atoms with Gasteiger partial charge in [0.15, 0.2) is 5.78 Å². The number of hydrogen-bond acceptors (Lipinski definition) is 6. The van der Waals surface area contributed by atoms with Gasteiger partial charge >= 0.3 is 0 Å². The Morgan fingerprint density at radius 3 is 2.62 bits per heavy atom. The molecule has 34 heavy (non-hydrogen) atoms. The highest BCUT2D eigenvalue weighted by atomic mass is 35.5. The molecule has 1 saturated carbocycles. The third-order valence-electron chi connectivity index (χ3n) is 6.28. The topological polar surface area (TPSA) is 100 Å². The molecular weight excluding hydrogens is 452 g/mol. The van der Waals surface area contributed by atoms with E-state index in [0.29, 0.717) is 57.3 Å². The van der Waals surface area contributed by atoms with Gasteiger partial charge in [0.05, 0.1) is 21.6 Å². The summed E-state index contributed by atoms with van der Waals surface area (Å²) in [5.74, 6) is 1.60. The van der Waals surface area contributed by atoms with E-state index < -0.39 is 5.60 Å². The molecule has 3 N–H and O–H groups in total. The molecular formula is C26H25ClN4O3. The number of para-hydroxylation sites is 1. The molecule has 0 amide bonds. The minimum atomic E-state index is -0.623. The fourth-order valence-corrected chi connectivity index (χ4v) is 4.60. The molecule has 5 rings (SSSR count). The monoisotopic (exact) mass is 476 g/mol. The number of aliphatic hydroxyl groups is 1. The predicted octanol–water partition coefficient (Wildman–Crippen LogP) is 5.74. The number of ether oxygens (including phenoxy) is 1. The molecule has 2 aromatic carbocycles. The fourth-order valence-electron chi connectivity index (χ4n) is 4.34. The number of H-pyrrole nitrogens is 1. The zero-order valence-electron chi connectivity index (χ0n) is 18.7. The van der Waals surface area contributed by atoms with Crippen LogP contribution in [0.1, 0.15) is 48.5 Å². The number of carbonyl (C=O) groups is 1. The number of benzene rings is 2. The normalized spacial score (nSPS) is 20.3. The summed E-state index contributed by atoms with van der Waals surface area (Å²) in [5.41, 5.74) is 0.761. The fraction of sp³-hybridized carbons (Fsp3) is 0.269. The maximum atomic E-state index is 13.5. The third kappa shape index (κ3) is 4.62. The van der Waals surface area contributed by atoms with Crippen LogP contribution in [0.25, 0.3) is 11.0 Å². The van der Waals surface area contributed by atoms with Crippen LogP contribution in [0.2, 0.25) is 5.02 Å². The maximum Gasteiger partial charge on any atom is 0.196 e. The van der Waals surface area contributed by atoms with Gasteiger partial charge in [-0.3, -0.25) is 4.79 Å². The van der Waals surface area contributed by atoms with Gasteiger partial charge in [-0.1, -0.05) is 29.8 Å². The van der Waals surface area contributed by atoms with Crippen LogP contribution >= 0.6 is 11.6 Å². The van der Waals surface area contributed by atoms with Crippen molar-refractivity contribution in [2.45, 2.75) is 44.2 Å². The van der Waals surface area contributed by atoms with Gasteiger partial charge in [-0.15, -0.1) is 0 Å². The Bertz CT molecular complexity index is 1330. The number of aromatic nitrogens is 3. The van der Waals surface area contributed by atoms with Crippen LogP contribution in [0.3, 0.4) is 0 Å². The summed E-state index contributed by atoms with van der Waals surface area (Å²) >= 11 is 6.50. The first-order valence-corrected chi connectivity index (χ1v) is 11.7. The number of hydrogen-bond donors (Lipinski definition) is 3. The summed E-state index contributed by atoms with van der Waals surface area (Å²) in [7, 11) is 0. The van der Waals surface area contributed by atoms with Crippen LogP contribution in [0, 0.1) is 0 Å². The smallest absolute Gasteiger partial charge is 0.196 e. The molecule has 0 bridgehead atoms. The lowest BCUT2D eigenvalue weighted by atomic mass is 9.83. The average Bonchev–Trinajstić information content (AvgIpc) is 3.26. The molecule has 1 aliphatic rings. The van der Waals surface area contributed by atoms with Crippen LogP contribution in [0.5, 0.6) is 11.5 Å². The van der Waals surface area contributed by atoms with E-state index >= 15 is 0 Å². The van der Waals surface area contributed by atoms with Crippen LogP contribution < -0.4 is 10.1 Å². The largest absolute Gasteiger partial charge is 0.457 e. The molecule has 1 fully saturated rings. The van der Waals surface area contributed by atoms with E-state index in [1.807, 2.05) is 37.3 Å². The van der Waals surface area contributed by atoms with E-state index in [1.54, 1.807) is 24.4 Å². The van der Waals surface area contributed by atoms with Crippen LogP contribution in [-0.2, 0) is 0 Å². The summed E-state index contributed by atoms with van der Waals surface area (Å²) in [4.78, 5) is 25.3. The van der Waals surface area contributed by atoms with E-state index in [0.717, 1.165) is 12.8 Å². The van der Waals surface area contributed by atoms with E-state index in [1.165, 1.54) is 6.33 Å². The summed E-state index contributed by atoms with van der Waals surface area (Å²) < 4.78 is 5.82. The molecule has 174 valence electrons. The minimum Gasteiger partial charge on any atom is -0.457 e. The quantitative estimate of drug-likeness (QED) is 0.307. The Balaban J connectivity index is 1.41. The second-order valence-electron chi connectivity index (χ2n) is 8.95. The number of carbonyl (C=O) groups excluding carboxylic acids is 1. The summed E-state index contributed by atoms with van der Waals surface area (Å²) in [6, 6.07) is 14.6. The molecule has 2 aromatic heterocycles. The van der Waals surface area contributed by atoms with E-state index in [4.69, 9.17) is 16.3 Å². The second kappa shape index (κ2) is 9.08. The number of ketones is 1. The molecule has 8 heteroatoms. The van der Waals surface area contributed by atoms with Crippen molar-refractivity contribution in [1.29, 1.82) is 0 Å². The van der Waals surface area contributed by atoms with Gasteiger partial charge in [0.25, 0.3) is 0 Å². The Kier molecular flexibility index (Phi) is 5.98. The van der Waals surface area contributed by atoms with Gasteiger partial charge in [0.2, 0.25) is 0 Å². The van der Waals surface area contributed by atoms with Crippen molar-refractivity contribution in [2.24, 2.45) is 0 Å². The lowest BCUT2D eigenvalue weighted by molar-refractivity contribution is 0.0196. The highest BCUT2D eigenvalue weighted by molar-refractivity contribution is 6.35. The summed E-state index contributed by atoms with van der Waals surface area (Å²) in [6.45, 7) is 1.87. The molecule has 0 radical (unpaired) electrons. The first-order valence-electron chi connectivity index (χ1n) is 11.3. The predicted molar refractivity (Wildman–Crippen MR) is 132 cm³/mol. The first-order chi connectivity index (χ1) is 16.4. The van der Waals surface area contributed by atoms with E-state index in [2.05, 4.69) is 20.3 Å². The maximum absolute atomic E-state index is 13.5. The van der Waals surface area contributed by atoms with Gasteiger partial charge in [-0.2, -0.15) is 0 Å². The summed E-state index contributed by atoms with van der Waals surface area (Å²) in [6.07, 6.45) is 6.18. The van der Waals surface area contributed by atoms with Gasteiger partial charge in [-0.05, 0) is 56.9 Å². The van der Waals surface area contributed by atoms with Crippen LogP contribution in [0.4, 0.5) is 5.82 Å². The van der Waals surface area contributed by atoms with Crippen molar-refractivity contribution < 1.29 is 14.6 Å². The highest BCUT2D eigenvalue weighted by Crippen LogP contribution is 2.33. The lowest BCUT2D eigenvalue weighted by Gasteiger charge is -2.33. The number of nitrogens with zero attached hydrogens (tertiary/aromatic N) is 2. The van der Waals surface area contributed by atoms with Crippen LogP contribution in [0.15, 0.2) is 61.1 Å². The Morgan fingerprint density at radius 1 is 1.12 bits per heavy atom. The van der Waals surface area contributed by atoms with Gasteiger partial charge in [-0.25, -0.2) is 9.97 Å². The standard InChI is InChI=1S/C26H25ClN4O3/c1-26(33)11-9-16(10-12-26)31-25-22-20(14-28-24(22)29-15-30-25)23(32)19-8-7-18(13-21(19)27)34-17-5-3-2-4-6-17/h2-8,13-16,33H,9-12H2,1H3,(H2,28,29,30,31)/t16-,26+. The Morgan fingerprint density at radius 2 is 1.88 bits per heavy atom. The molecule has 0 unspecified atom stereocenters. The number of anilines is 1. The molecule has 0 aliphatic heterocycles. The van der Waals surface area contributed by atoms with Crippen molar-refractivity contribution in [3.05, 3.63) is 77.2 Å². The molecule has 1 aliphatic carbocycles. The molecule has 0 atom stereocenters. The Hall–Kier alpha value is -3.42. The number of aromatic amines is 1. The third-order valence-corrected chi connectivity index (χ3v) is 6.59. The van der Waals surface area contributed by atoms with E-state index in [9.17, 15) is 9.90 Å². The zero-order valence-corrected chi connectivity index (χ0v) is 19.5. The Labute approximate surface area is 202 Å².